The van der Waals surface area contributed by atoms with Gasteiger partial charge in [0.05, 0.1) is 0 Å². The van der Waals surface area contributed by atoms with Gasteiger partial charge in [0.2, 0.25) is 5.91 Å². The molecule has 2 nitrogen and oxygen atoms in total. The number of rotatable bonds is 1. The second-order valence-corrected chi connectivity index (χ2v) is 6.76. The number of hydrogen-bond acceptors (Lipinski definition) is 1. The SMILES string of the molecule is CC(C)(C)c1ccc([C@@H]2C[C@@H]3C[C@H]2NC3=O)cc1. The van der Waals surface area contributed by atoms with Gasteiger partial charge in [0.1, 0.15) is 0 Å². The first-order valence-electron chi connectivity index (χ1n) is 6.86. The van der Waals surface area contributed by atoms with Crippen LogP contribution >= 0.6 is 0 Å². The van der Waals surface area contributed by atoms with E-state index in [1.165, 1.54) is 11.1 Å². The van der Waals surface area contributed by atoms with Gasteiger partial charge in [0, 0.05) is 17.9 Å². The molecule has 1 aromatic rings. The highest BCUT2D eigenvalue weighted by Gasteiger charge is 2.45. The van der Waals surface area contributed by atoms with Gasteiger partial charge in [-0.25, -0.2) is 0 Å². The molecule has 0 radical (unpaired) electrons. The van der Waals surface area contributed by atoms with Crippen LogP contribution in [0.5, 0.6) is 0 Å². The zero-order valence-electron chi connectivity index (χ0n) is 11.4. The minimum absolute atomic E-state index is 0.210. The lowest BCUT2D eigenvalue weighted by Crippen LogP contribution is -2.35. The Kier molecular flexibility index (Phi) is 2.51. The second kappa shape index (κ2) is 3.84. The molecule has 1 amide bonds. The predicted molar refractivity (Wildman–Crippen MR) is 72.5 cm³/mol. The summed E-state index contributed by atoms with van der Waals surface area (Å²) < 4.78 is 0. The average Bonchev–Trinajstić information content (AvgIpc) is 2.86. The second-order valence-electron chi connectivity index (χ2n) is 6.76. The van der Waals surface area contributed by atoms with Crippen LogP contribution in [0.25, 0.3) is 0 Å². The third-order valence-electron chi connectivity index (χ3n) is 4.47. The maximum absolute atomic E-state index is 11.5. The summed E-state index contributed by atoms with van der Waals surface area (Å²) in [5.41, 5.74) is 2.97. The predicted octanol–water partition coefficient (Wildman–Crippen LogP) is 2.98. The van der Waals surface area contributed by atoms with Crippen molar-refractivity contribution < 1.29 is 4.79 Å². The van der Waals surface area contributed by atoms with Crippen molar-refractivity contribution >= 4 is 5.91 Å². The molecule has 18 heavy (non-hydrogen) atoms. The largest absolute Gasteiger partial charge is 0.352 e. The van der Waals surface area contributed by atoms with Crippen molar-refractivity contribution in [1.82, 2.24) is 5.32 Å². The molecule has 1 saturated heterocycles. The number of carbonyl (C=O) groups excluding carboxylic acids is 1. The molecular weight excluding hydrogens is 222 g/mol. The van der Waals surface area contributed by atoms with Gasteiger partial charge in [-0.15, -0.1) is 0 Å². The van der Waals surface area contributed by atoms with Crippen LogP contribution in [-0.4, -0.2) is 11.9 Å². The van der Waals surface area contributed by atoms with Crippen molar-refractivity contribution in [2.45, 2.75) is 51.0 Å². The molecule has 0 spiro atoms. The van der Waals surface area contributed by atoms with Crippen molar-refractivity contribution in [3.05, 3.63) is 35.4 Å². The van der Waals surface area contributed by atoms with Gasteiger partial charge in [-0.05, 0) is 29.4 Å². The molecule has 2 fully saturated rings. The Hall–Kier alpha value is -1.31. The first-order valence-corrected chi connectivity index (χ1v) is 6.86. The lowest BCUT2D eigenvalue weighted by molar-refractivity contribution is -0.123. The zero-order valence-corrected chi connectivity index (χ0v) is 11.4. The van der Waals surface area contributed by atoms with Crippen LogP contribution in [0, 0.1) is 5.92 Å². The summed E-state index contributed by atoms with van der Waals surface area (Å²) in [4.78, 5) is 11.5. The molecule has 1 saturated carbocycles. The minimum Gasteiger partial charge on any atom is -0.352 e. The molecule has 0 unspecified atom stereocenters. The van der Waals surface area contributed by atoms with Crippen molar-refractivity contribution in [1.29, 1.82) is 0 Å². The summed E-state index contributed by atoms with van der Waals surface area (Å²) in [5.74, 6) is 1.06. The monoisotopic (exact) mass is 243 g/mol. The molecule has 1 aliphatic carbocycles. The Bertz CT molecular complexity index is 469. The van der Waals surface area contributed by atoms with E-state index in [1.54, 1.807) is 0 Å². The molecule has 2 bridgehead atoms. The van der Waals surface area contributed by atoms with E-state index in [1.807, 2.05) is 0 Å². The van der Waals surface area contributed by atoms with Crippen molar-refractivity contribution in [3.63, 3.8) is 0 Å². The highest BCUT2D eigenvalue weighted by atomic mass is 16.2. The summed E-state index contributed by atoms with van der Waals surface area (Å²) in [7, 11) is 0. The van der Waals surface area contributed by atoms with Gasteiger partial charge < -0.3 is 5.32 Å². The highest BCUT2D eigenvalue weighted by molar-refractivity contribution is 5.83. The number of hydrogen-bond donors (Lipinski definition) is 1. The topological polar surface area (TPSA) is 29.1 Å². The van der Waals surface area contributed by atoms with Crippen LogP contribution in [-0.2, 0) is 10.2 Å². The van der Waals surface area contributed by atoms with Crippen LogP contribution in [0.2, 0.25) is 0 Å². The summed E-state index contributed by atoms with van der Waals surface area (Å²) in [6, 6.07) is 9.35. The summed E-state index contributed by atoms with van der Waals surface area (Å²) >= 11 is 0. The Morgan fingerprint density at radius 3 is 2.22 bits per heavy atom. The number of piperidine rings is 1. The number of nitrogens with one attached hydrogen (secondary N) is 1. The fourth-order valence-electron chi connectivity index (χ4n) is 3.31. The van der Waals surface area contributed by atoms with Crippen LogP contribution in [0.15, 0.2) is 24.3 Å². The average molecular weight is 243 g/mol. The number of benzene rings is 1. The molecule has 96 valence electrons. The standard InChI is InChI=1S/C16H21NO/c1-16(2,3)12-6-4-10(5-7-12)13-8-11-9-14(13)17-15(11)18/h4-7,11,13-14H,8-9H2,1-3H3,(H,17,18)/t11-,13+,14-/m1/s1. The van der Waals surface area contributed by atoms with Crippen LogP contribution in [0.4, 0.5) is 0 Å². The van der Waals surface area contributed by atoms with Gasteiger partial charge in [-0.2, -0.15) is 0 Å². The Balaban J connectivity index is 1.81. The molecule has 1 aromatic carbocycles. The normalized spacial score (nSPS) is 30.6. The molecule has 3 atom stereocenters. The smallest absolute Gasteiger partial charge is 0.223 e. The number of amides is 1. The van der Waals surface area contributed by atoms with Crippen LogP contribution < -0.4 is 5.32 Å². The van der Waals surface area contributed by atoms with E-state index in [4.69, 9.17) is 0 Å². The molecular formula is C16H21NO. The van der Waals surface area contributed by atoms with E-state index in [2.05, 4.69) is 50.4 Å². The van der Waals surface area contributed by atoms with Crippen molar-refractivity contribution in [2.75, 3.05) is 0 Å². The summed E-state index contributed by atoms with van der Waals surface area (Å²) in [6.07, 6.45) is 2.07. The minimum atomic E-state index is 0.210. The van der Waals surface area contributed by atoms with Crippen LogP contribution in [0.1, 0.15) is 50.7 Å². The zero-order chi connectivity index (χ0) is 12.9. The molecule has 0 aromatic heterocycles. The van der Waals surface area contributed by atoms with Gasteiger partial charge in [-0.1, -0.05) is 45.0 Å². The lowest BCUT2D eigenvalue weighted by atomic mass is 9.84. The molecule has 3 rings (SSSR count). The first kappa shape index (κ1) is 11.8. The lowest BCUT2D eigenvalue weighted by Gasteiger charge is -2.24. The van der Waals surface area contributed by atoms with Gasteiger partial charge >= 0.3 is 0 Å². The highest BCUT2D eigenvalue weighted by Crippen LogP contribution is 2.43. The summed E-state index contributed by atoms with van der Waals surface area (Å²) in [6.45, 7) is 6.71. The fraction of sp³-hybridized carbons (Fsp3) is 0.562. The molecule has 1 N–H and O–H groups in total. The van der Waals surface area contributed by atoms with E-state index in [0.29, 0.717) is 12.0 Å². The first-order chi connectivity index (χ1) is 8.45. The molecule has 2 heteroatoms. The molecule has 1 heterocycles. The van der Waals surface area contributed by atoms with E-state index < -0.39 is 0 Å². The Labute approximate surface area is 109 Å². The number of fused-ring (bicyclic) bond motifs is 2. The van der Waals surface area contributed by atoms with Crippen LogP contribution in [0.3, 0.4) is 0 Å². The third kappa shape index (κ3) is 1.84. The van der Waals surface area contributed by atoms with E-state index >= 15 is 0 Å². The third-order valence-corrected chi connectivity index (χ3v) is 4.47. The van der Waals surface area contributed by atoms with Gasteiger partial charge in [-0.3, -0.25) is 4.79 Å². The van der Waals surface area contributed by atoms with Gasteiger partial charge in [0.25, 0.3) is 0 Å². The van der Waals surface area contributed by atoms with E-state index in [-0.39, 0.29) is 17.2 Å². The van der Waals surface area contributed by atoms with E-state index in [9.17, 15) is 4.79 Å². The maximum atomic E-state index is 11.5. The van der Waals surface area contributed by atoms with Crippen molar-refractivity contribution in [2.24, 2.45) is 5.92 Å². The molecule has 2 aliphatic rings. The maximum Gasteiger partial charge on any atom is 0.223 e. The van der Waals surface area contributed by atoms with Gasteiger partial charge in [0.15, 0.2) is 0 Å². The van der Waals surface area contributed by atoms with Crippen molar-refractivity contribution in [3.8, 4) is 0 Å². The summed E-state index contributed by atoms with van der Waals surface area (Å²) in [5, 5.41) is 3.11. The fourth-order valence-corrected chi connectivity index (χ4v) is 3.31. The number of carbonyl (C=O) groups is 1. The molecule has 1 aliphatic heterocycles. The Morgan fingerprint density at radius 1 is 1.11 bits per heavy atom. The quantitative estimate of drug-likeness (QED) is 0.807. The Morgan fingerprint density at radius 2 is 1.78 bits per heavy atom. The van der Waals surface area contributed by atoms with E-state index in [0.717, 1.165) is 12.8 Å².